The van der Waals surface area contributed by atoms with Crippen molar-refractivity contribution in [2.45, 2.75) is 12.8 Å². The van der Waals surface area contributed by atoms with Crippen LogP contribution in [-0.2, 0) is 0 Å². The van der Waals surface area contributed by atoms with Crippen molar-refractivity contribution in [1.82, 2.24) is 4.57 Å². The summed E-state index contributed by atoms with van der Waals surface area (Å²) in [5.41, 5.74) is 11.2. The minimum atomic E-state index is -0.403. The second-order valence-electron chi connectivity index (χ2n) is 8.78. The Balaban J connectivity index is 1.63. The van der Waals surface area contributed by atoms with Crippen LogP contribution in [0.1, 0.15) is 18.4 Å². The van der Waals surface area contributed by atoms with Gasteiger partial charge < -0.3 is 19.9 Å². The van der Waals surface area contributed by atoms with E-state index in [1.165, 1.54) is 18.9 Å². The Bertz CT molecular complexity index is 1360. The number of anilines is 1. The van der Waals surface area contributed by atoms with Crippen molar-refractivity contribution in [3.8, 4) is 28.8 Å². The lowest BCUT2D eigenvalue weighted by Gasteiger charge is -2.33. The van der Waals surface area contributed by atoms with Crippen LogP contribution >= 0.6 is 0 Å². The standard InChI is InChI=1S/C28H27FN4O/c1-34-28-9-4-21(15-25(28)29)27-16-22-14-24(32-12-10-20(18-31)11-13-32)7-8-26(22)33(27)23-5-2-19(17-30)3-6-23/h2-9,14-16,20H,10-13,18,31H2,1H3. The van der Waals surface area contributed by atoms with Crippen molar-refractivity contribution in [3.63, 3.8) is 0 Å². The highest BCUT2D eigenvalue weighted by atomic mass is 19.1. The summed E-state index contributed by atoms with van der Waals surface area (Å²) in [6.45, 7) is 2.75. The normalized spacial score (nSPS) is 14.4. The number of benzene rings is 3. The highest BCUT2D eigenvalue weighted by Gasteiger charge is 2.20. The number of methoxy groups -OCH3 is 1. The SMILES string of the molecule is COc1ccc(-c2cc3cc(N4CCC(CN)CC4)ccc3n2-c2ccc(C#N)cc2)cc1F. The molecule has 2 heterocycles. The van der Waals surface area contributed by atoms with Crippen molar-refractivity contribution < 1.29 is 9.13 Å². The molecule has 0 aliphatic carbocycles. The van der Waals surface area contributed by atoms with Crippen LogP contribution in [0.5, 0.6) is 5.75 Å². The first kappa shape index (κ1) is 22.0. The minimum absolute atomic E-state index is 0.216. The number of nitrogens with two attached hydrogens (primary N) is 1. The van der Waals surface area contributed by atoms with Crippen molar-refractivity contribution in [2.75, 3.05) is 31.6 Å². The van der Waals surface area contributed by atoms with Gasteiger partial charge in [0.25, 0.3) is 0 Å². The first-order valence-electron chi connectivity index (χ1n) is 11.6. The Hall–Kier alpha value is -3.82. The van der Waals surface area contributed by atoms with Gasteiger partial charge in [-0.3, -0.25) is 0 Å². The quantitative estimate of drug-likeness (QED) is 0.433. The van der Waals surface area contributed by atoms with Gasteiger partial charge in [0, 0.05) is 35.4 Å². The lowest BCUT2D eigenvalue weighted by Crippen LogP contribution is -2.36. The van der Waals surface area contributed by atoms with Crippen LogP contribution in [0.25, 0.3) is 27.8 Å². The van der Waals surface area contributed by atoms with Crippen LogP contribution in [0.2, 0.25) is 0 Å². The van der Waals surface area contributed by atoms with Crippen LogP contribution in [-0.4, -0.2) is 31.3 Å². The summed E-state index contributed by atoms with van der Waals surface area (Å²) in [6, 6.07) is 23.2. The number of nitrogens with zero attached hydrogens (tertiary/aromatic N) is 3. The van der Waals surface area contributed by atoms with E-state index in [4.69, 9.17) is 10.5 Å². The van der Waals surface area contributed by atoms with E-state index in [-0.39, 0.29) is 5.75 Å². The van der Waals surface area contributed by atoms with Gasteiger partial charge in [0.1, 0.15) is 0 Å². The van der Waals surface area contributed by atoms with Gasteiger partial charge in [-0.1, -0.05) is 0 Å². The molecule has 5 nitrogen and oxygen atoms in total. The first-order chi connectivity index (χ1) is 16.6. The Labute approximate surface area is 198 Å². The largest absolute Gasteiger partial charge is 0.494 e. The molecule has 1 saturated heterocycles. The summed E-state index contributed by atoms with van der Waals surface area (Å²) in [7, 11) is 1.46. The van der Waals surface area contributed by atoms with Crippen LogP contribution in [0.15, 0.2) is 66.7 Å². The molecule has 0 spiro atoms. The van der Waals surface area contributed by atoms with Gasteiger partial charge in [-0.2, -0.15) is 5.26 Å². The van der Waals surface area contributed by atoms with E-state index in [1.54, 1.807) is 18.2 Å². The monoisotopic (exact) mass is 454 g/mol. The van der Waals surface area contributed by atoms with Crippen molar-refractivity contribution >= 4 is 16.6 Å². The van der Waals surface area contributed by atoms with Gasteiger partial charge in [-0.25, -0.2) is 4.39 Å². The molecule has 1 fully saturated rings. The fourth-order valence-electron chi connectivity index (χ4n) is 4.83. The van der Waals surface area contributed by atoms with Gasteiger partial charge in [-0.05, 0) is 92.0 Å². The van der Waals surface area contributed by atoms with E-state index in [9.17, 15) is 9.65 Å². The van der Waals surface area contributed by atoms with Crippen molar-refractivity contribution in [1.29, 1.82) is 5.26 Å². The lowest BCUT2D eigenvalue weighted by atomic mass is 9.96. The smallest absolute Gasteiger partial charge is 0.165 e. The van der Waals surface area contributed by atoms with E-state index in [1.807, 2.05) is 18.2 Å². The summed E-state index contributed by atoms with van der Waals surface area (Å²) in [5, 5.41) is 10.3. The third-order valence-electron chi connectivity index (χ3n) is 6.80. The van der Waals surface area contributed by atoms with Crippen LogP contribution in [0.3, 0.4) is 0 Å². The van der Waals surface area contributed by atoms with Crippen molar-refractivity contribution in [2.24, 2.45) is 11.7 Å². The Morgan fingerprint density at radius 3 is 2.38 bits per heavy atom. The van der Waals surface area contributed by atoms with Gasteiger partial charge >= 0.3 is 0 Å². The zero-order chi connectivity index (χ0) is 23.7. The molecule has 0 saturated carbocycles. The molecular formula is C28H27FN4O. The molecular weight excluding hydrogens is 427 g/mol. The van der Waals surface area contributed by atoms with Crippen molar-refractivity contribution in [3.05, 3.63) is 78.1 Å². The van der Waals surface area contributed by atoms with Crippen LogP contribution < -0.4 is 15.4 Å². The molecule has 172 valence electrons. The summed E-state index contributed by atoms with van der Waals surface area (Å²) < 4.78 is 21.8. The molecule has 1 aliphatic heterocycles. The fourth-order valence-corrected chi connectivity index (χ4v) is 4.83. The summed E-state index contributed by atoms with van der Waals surface area (Å²) in [6.07, 6.45) is 2.22. The molecule has 0 atom stereocenters. The molecule has 0 bridgehead atoms. The second-order valence-corrected chi connectivity index (χ2v) is 8.78. The molecule has 6 heteroatoms. The van der Waals surface area contributed by atoms with Crippen LogP contribution in [0.4, 0.5) is 10.1 Å². The van der Waals surface area contributed by atoms with Crippen LogP contribution in [0, 0.1) is 23.1 Å². The molecule has 5 rings (SSSR count). The number of piperidine rings is 1. The Kier molecular flexibility index (Phi) is 5.95. The van der Waals surface area contributed by atoms with Gasteiger partial charge in [0.15, 0.2) is 11.6 Å². The maximum absolute atomic E-state index is 14.6. The topological polar surface area (TPSA) is 67.2 Å². The Morgan fingerprint density at radius 1 is 1.00 bits per heavy atom. The summed E-state index contributed by atoms with van der Waals surface area (Å²) >= 11 is 0. The molecule has 0 radical (unpaired) electrons. The third kappa shape index (κ3) is 4.00. The molecule has 4 aromatic rings. The zero-order valence-electron chi connectivity index (χ0n) is 19.2. The number of fused-ring (bicyclic) bond motifs is 1. The van der Waals surface area contributed by atoms with E-state index < -0.39 is 5.82 Å². The van der Waals surface area contributed by atoms with Gasteiger partial charge in [0.2, 0.25) is 0 Å². The van der Waals surface area contributed by atoms with Gasteiger partial charge in [0.05, 0.1) is 30.0 Å². The highest BCUT2D eigenvalue weighted by molar-refractivity contribution is 5.91. The van der Waals surface area contributed by atoms with E-state index in [0.29, 0.717) is 11.5 Å². The van der Waals surface area contributed by atoms with E-state index in [0.717, 1.165) is 60.3 Å². The minimum Gasteiger partial charge on any atom is -0.494 e. The molecule has 0 amide bonds. The average molecular weight is 455 g/mol. The molecule has 2 N–H and O–H groups in total. The molecule has 3 aromatic carbocycles. The number of ether oxygens (including phenoxy) is 1. The van der Waals surface area contributed by atoms with Gasteiger partial charge in [-0.15, -0.1) is 0 Å². The second kappa shape index (κ2) is 9.20. The first-order valence-corrected chi connectivity index (χ1v) is 11.6. The number of rotatable bonds is 5. The number of aromatic nitrogens is 1. The summed E-state index contributed by atoms with van der Waals surface area (Å²) in [4.78, 5) is 2.41. The number of nitriles is 1. The van der Waals surface area contributed by atoms with E-state index >= 15 is 0 Å². The predicted molar refractivity (Wildman–Crippen MR) is 134 cm³/mol. The fraction of sp³-hybridized carbons (Fsp3) is 0.250. The predicted octanol–water partition coefficient (Wildman–Crippen LogP) is 5.49. The number of hydrogen-bond acceptors (Lipinski definition) is 4. The molecule has 0 unspecified atom stereocenters. The third-order valence-corrected chi connectivity index (χ3v) is 6.80. The highest BCUT2D eigenvalue weighted by Crippen LogP contribution is 2.36. The number of halogens is 1. The maximum atomic E-state index is 14.6. The number of hydrogen-bond donors (Lipinski definition) is 1. The zero-order valence-corrected chi connectivity index (χ0v) is 19.2. The summed E-state index contributed by atoms with van der Waals surface area (Å²) in [5.74, 6) is 0.419. The Morgan fingerprint density at radius 2 is 1.74 bits per heavy atom. The average Bonchev–Trinajstić information content (AvgIpc) is 3.27. The molecule has 1 aromatic heterocycles. The lowest BCUT2D eigenvalue weighted by molar-refractivity contribution is 0.386. The van der Waals surface area contributed by atoms with E-state index in [2.05, 4.69) is 39.8 Å². The molecule has 1 aliphatic rings. The molecule has 34 heavy (non-hydrogen) atoms. The maximum Gasteiger partial charge on any atom is 0.165 e.